The lowest BCUT2D eigenvalue weighted by atomic mass is 10.1. The highest BCUT2D eigenvalue weighted by molar-refractivity contribution is 6.05. The Balaban J connectivity index is 2.71. The highest BCUT2D eigenvalue weighted by atomic mass is 16.5. The molecule has 14 heavy (non-hydrogen) atoms. The average Bonchev–Trinajstić information content (AvgIpc) is 2.27. The number of hydrogen-bond donors (Lipinski definition) is 2. The van der Waals surface area contributed by atoms with Crippen LogP contribution >= 0.6 is 0 Å². The molecule has 1 aromatic carbocycles. The SMILES string of the molecule is O=C(NO)c1cccc2ncccc12. The zero-order valence-corrected chi connectivity index (χ0v) is 7.27. The van der Waals surface area contributed by atoms with Crippen LogP contribution in [0.15, 0.2) is 36.5 Å². The van der Waals surface area contributed by atoms with E-state index in [0.29, 0.717) is 5.56 Å². The normalized spacial score (nSPS) is 10.1. The van der Waals surface area contributed by atoms with Crippen molar-refractivity contribution in [1.29, 1.82) is 0 Å². The molecule has 0 aliphatic heterocycles. The molecule has 0 saturated heterocycles. The van der Waals surface area contributed by atoms with Crippen LogP contribution in [0.5, 0.6) is 0 Å². The van der Waals surface area contributed by atoms with Gasteiger partial charge in [-0.25, -0.2) is 5.48 Å². The van der Waals surface area contributed by atoms with Gasteiger partial charge in [0.15, 0.2) is 0 Å². The van der Waals surface area contributed by atoms with Crippen molar-refractivity contribution in [2.45, 2.75) is 0 Å². The molecule has 0 radical (unpaired) electrons. The summed E-state index contributed by atoms with van der Waals surface area (Å²) in [6, 6.07) is 8.70. The number of nitrogens with one attached hydrogen (secondary N) is 1. The number of rotatable bonds is 1. The van der Waals surface area contributed by atoms with Gasteiger partial charge in [-0.2, -0.15) is 0 Å². The number of benzene rings is 1. The number of nitrogens with zero attached hydrogens (tertiary/aromatic N) is 1. The molecule has 0 fully saturated rings. The minimum atomic E-state index is -0.524. The van der Waals surface area contributed by atoms with Gasteiger partial charge in [0.1, 0.15) is 0 Å². The van der Waals surface area contributed by atoms with Crippen molar-refractivity contribution in [3.05, 3.63) is 42.1 Å². The Bertz CT molecular complexity index is 477. The number of amides is 1. The van der Waals surface area contributed by atoms with E-state index in [4.69, 9.17) is 5.21 Å². The van der Waals surface area contributed by atoms with E-state index in [1.807, 2.05) is 6.07 Å². The predicted molar refractivity (Wildman–Crippen MR) is 51.0 cm³/mol. The van der Waals surface area contributed by atoms with E-state index >= 15 is 0 Å². The summed E-state index contributed by atoms with van der Waals surface area (Å²) < 4.78 is 0. The zero-order chi connectivity index (χ0) is 9.97. The second kappa shape index (κ2) is 3.43. The fourth-order valence-electron chi connectivity index (χ4n) is 1.36. The van der Waals surface area contributed by atoms with Crippen molar-refractivity contribution >= 4 is 16.8 Å². The van der Waals surface area contributed by atoms with Gasteiger partial charge in [0.2, 0.25) is 0 Å². The molecule has 4 nitrogen and oxygen atoms in total. The van der Waals surface area contributed by atoms with Crippen LogP contribution in [-0.4, -0.2) is 16.1 Å². The quantitative estimate of drug-likeness (QED) is 0.524. The van der Waals surface area contributed by atoms with Crippen LogP contribution in [0, 0.1) is 0 Å². The minimum Gasteiger partial charge on any atom is -0.288 e. The van der Waals surface area contributed by atoms with E-state index in [9.17, 15) is 4.79 Å². The van der Waals surface area contributed by atoms with Gasteiger partial charge < -0.3 is 0 Å². The van der Waals surface area contributed by atoms with Gasteiger partial charge in [-0.05, 0) is 18.2 Å². The van der Waals surface area contributed by atoms with Crippen molar-refractivity contribution < 1.29 is 10.0 Å². The van der Waals surface area contributed by atoms with Gasteiger partial charge in [0.25, 0.3) is 5.91 Å². The fourth-order valence-corrected chi connectivity index (χ4v) is 1.36. The molecule has 1 amide bonds. The van der Waals surface area contributed by atoms with Crippen molar-refractivity contribution in [3.8, 4) is 0 Å². The molecule has 0 aliphatic carbocycles. The average molecular weight is 188 g/mol. The third-order valence-corrected chi connectivity index (χ3v) is 1.99. The predicted octanol–water partition coefficient (Wildman–Crippen LogP) is 1.35. The highest BCUT2D eigenvalue weighted by Gasteiger charge is 2.07. The first-order valence-electron chi connectivity index (χ1n) is 4.11. The Morgan fingerprint density at radius 2 is 2.14 bits per heavy atom. The van der Waals surface area contributed by atoms with Crippen LogP contribution in [0.3, 0.4) is 0 Å². The largest absolute Gasteiger partial charge is 0.288 e. The molecule has 70 valence electrons. The standard InChI is InChI=1S/C10H8N2O2/c13-10(12-14)8-3-1-5-9-7(8)4-2-6-11-9/h1-6,14H,(H,12,13). The lowest BCUT2D eigenvalue weighted by molar-refractivity contribution is 0.0708. The number of hydrogen-bond acceptors (Lipinski definition) is 3. The van der Waals surface area contributed by atoms with Crippen LogP contribution in [0.4, 0.5) is 0 Å². The van der Waals surface area contributed by atoms with Gasteiger partial charge in [0.05, 0.1) is 11.1 Å². The summed E-state index contributed by atoms with van der Waals surface area (Å²) in [5.74, 6) is -0.524. The second-order valence-electron chi connectivity index (χ2n) is 2.82. The summed E-state index contributed by atoms with van der Waals surface area (Å²) in [5.41, 5.74) is 2.75. The summed E-state index contributed by atoms with van der Waals surface area (Å²) in [5, 5.41) is 9.25. The maximum Gasteiger partial charge on any atom is 0.275 e. The van der Waals surface area contributed by atoms with E-state index in [1.165, 1.54) is 0 Å². The van der Waals surface area contributed by atoms with Crippen molar-refractivity contribution in [2.24, 2.45) is 0 Å². The first kappa shape index (κ1) is 8.65. The van der Waals surface area contributed by atoms with E-state index in [2.05, 4.69) is 4.98 Å². The van der Waals surface area contributed by atoms with E-state index in [-0.39, 0.29) is 0 Å². The molecular weight excluding hydrogens is 180 g/mol. The lowest BCUT2D eigenvalue weighted by Gasteiger charge is -2.02. The molecule has 0 spiro atoms. The van der Waals surface area contributed by atoms with E-state index in [1.54, 1.807) is 35.9 Å². The number of fused-ring (bicyclic) bond motifs is 1. The molecule has 2 N–H and O–H groups in total. The van der Waals surface area contributed by atoms with Gasteiger partial charge in [-0.1, -0.05) is 12.1 Å². The third kappa shape index (κ3) is 1.31. The topological polar surface area (TPSA) is 62.2 Å². The van der Waals surface area contributed by atoms with Gasteiger partial charge in [-0.15, -0.1) is 0 Å². The van der Waals surface area contributed by atoms with Gasteiger partial charge in [-0.3, -0.25) is 15.0 Å². The Morgan fingerprint density at radius 1 is 1.29 bits per heavy atom. The maximum absolute atomic E-state index is 11.2. The molecule has 2 aromatic rings. The molecule has 1 heterocycles. The van der Waals surface area contributed by atoms with Gasteiger partial charge >= 0.3 is 0 Å². The van der Waals surface area contributed by atoms with Crippen molar-refractivity contribution in [1.82, 2.24) is 10.5 Å². The second-order valence-corrected chi connectivity index (χ2v) is 2.82. The molecule has 0 atom stereocenters. The first-order valence-corrected chi connectivity index (χ1v) is 4.11. The Morgan fingerprint density at radius 3 is 2.93 bits per heavy atom. The van der Waals surface area contributed by atoms with Crippen LogP contribution in [0.25, 0.3) is 10.9 Å². The Hall–Kier alpha value is -1.94. The summed E-state index contributed by atoms with van der Waals surface area (Å²) in [6.45, 7) is 0. The fraction of sp³-hybridized carbons (Fsp3) is 0. The maximum atomic E-state index is 11.2. The molecule has 4 heteroatoms. The van der Waals surface area contributed by atoms with Crippen molar-refractivity contribution in [3.63, 3.8) is 0 Å². The van der Waals surface area contributed by atoms with Crippen LogP contribution in [0.2, 0.25) is 0 Å². The molecule has 2 rings (SSSR count). The molecule has 0 bridgehead atoms. The Kier molecular flexibility index (Phi) is 2.12. The number of carbonyl (C=O) groups excluding carboxylic acids is 1. The number of carbonyl (C=O) groups is 1. The van der Waals surface area contributed by atoms with E-state index in [0.717, 1.165) is 10.9 Å². The van der Waals surface area contributed by atoms with E-state index < -0.39 is 5.91 Å². The lowest BCUT2D eigenvalue weighted by Crippen LogP contribution is -2.18. The number of aromatic nitrogens is 1. The first-order chi connectivity index (χ1) is 6.83. The molecule has 0 saturated carbocycles. The van der Waals surface area contributed by atoms with Crippen molar-refractivity contribution in [2.75, 3.05) is 0 Å². The molecule has 0 unspecified atom stereocenters. The number of pyridine rings is 1. The minimum absolute atomic E-state index is 0.415. The summed E-state index contributed by atoms with van der Waals surface area (Å²) in [7, 11) is 0. The smallest absolute Gasteiger partial charge is 0.275 e. The highest BCUT2D eigenvalue weighted by Crippen LogP contribution is 2.15. The number of hydroxylamine groups is 1. The summed E-state index contributed by atoms with van der Waals surface area (Å²) in [4.78, 5) is 15.3. The zero-order valence-electron chi connectivity index (χ0n) is 7.27. The molecule has 0 aliphatic rings. The summed E-state index contributed by atoms with van der Waals surface area (Å²) >= 11 is 0. The van der Waals surface area contributed by atoms with Crippen LogP contribution < -0.4 is 5.48 Å². The van der Waals surface area contributed by atoms with Gasteiger partial charge in [0, 0.05) is 11.6 Å². The molecular formula is C10H8N2O2. The monoisotopic (exact) mass is 188 g/mol. The Labute approximate surface area is 80.2 Å². The molecule has 1 aromatic heterocycles. The third-order valence-electron chi connectivity index (χ3n) is 1.99. The summed E-state index contributed by atoms with van der Waals surface area (Å²) in [6.07, 6.45) is 1.66. The van der Waals surface area contributed by atoms with Crippen LogP contribution in [-0.2, 0) is 0 Å². The van der Waals surface area contributed by atoms with Crippen LogP contribution in [0.1, 0.15) is 10.4 Å².